The second kappa shape index (κ2) is 8.30. The van der Waals surface area contributed by atoms with Crippen molar-refractivity contribution in [1.29, 1.82) is 0 Å². The molecule has 0 bridgehead atoms. The highest BCUT2D eigenvalue weighted by Crippen LogP contribution is 2.16. The number of nitrogens with one attached hydrogen (secondary N) is 1. The molecule has 1 N–H and O–H groups in total. The summed E-state index contributed by atoms with van der Waals surface area (Å²) in [5.74, 6) is 0.725. The molecule has 2 aromatic rings. The normalized spacial score (nSPS) is 19.9. The minimum absolute atomic E-state index is 0.0110. The molecule has 2 saturated heterocycles. The van der Waals surface area contributed by atoms with Gasteiger partial charge in [0.25, 0.3) is 5.91 Å². The maximum atomic E-state index is 12.8. The fraction of sp³-hybridized carbons (Fsp3) is 0.474. The van der Waals surface area contributed by atoms with Gasteiger partial charge < -0.3 is 19.9 Å². The topological polar surface area (TPSA) is 83.5 Å². The first kappa shape index (κ1) is 17.7. The standard InChI is InChI=1S/C19H24N6O2/c26-18(24-6-8-25(9-7-24)19-21-4-2-5-22-19)15-11-16(13-20-12-15)23-14-17-3-1-10-27-17/h2,4-5,11-13,17,23H,1,3,6-10,14H2. The van der Waals surface area contributed by atoms with Crippen LogP contribution in [-0.4, -0.2) is 71.2 Å². The van der Waals surface area contributed by atoms with E-state index in [1.54, 1.807) is 30.9 Å². The van der Waals surface area contributed by atoms with Crippen molar-refractivity contribution in [3.63, 3.8) is 0 Å². The number of hydrogen-bond donors (Lipinski definition) is 1. The van der Waals surface area contributed by atoms with E-state index in [0.717, 1.165) is 44.8 Å². The minimum Gasteiger partial charge on any atom is -0.381 e. The van der Waals surface area contributed by atoms with Crippen molar-refractivity contribution in [3.05, 3.63) is 42.5 Å². The van der Waals surface area contributed by atoms with Crippen LogP contribution in [-0.2, 0) is 4.74 Å². The minimum atomic E-state index is 0.0110. The lowest BCUT2D eigenvalue weighted by atomic mass is 10.2. The highest BCUT2D eigenvalue weighted by atomic mass is 16.5. The molecule has 0 saturated carbocycles. The van der Waals surface area contributed by atoms with Crippen LogP contribution in [0.4, 0.5) is 11.6 Å². The van der Waals surface area contributed by atoms with Crippen molar-refractivity contribution >= 4 is 17.5 Å². The Morgan fingerprint density at radius 2 is 2.00 bits per heavy atom. The highest BCUT2D eigenvalue weighted by molar-refractivity contribution is 5.94. The van der Waals surface area contributed by atoms with Crippen molar-refractivity contribution in [2.24, 2.45) is 0 Å². The summed E-state index contributed by atoms with van der Waals surface area (Å²) in [5.41, 5.74) is 1.46. The zero-order chi connectivity index (χ0) is 18.5. The Morgan fingerprint density at radius 1 is 1.19 bits per heavy atom. The summed E-state index contributed by atoms with van der Waals surface area (Å²) in [6.45, 7) is 4.31. The molecule has 27 heavy (non-hydrogen) atoms. The van der Waals surface area contributed by atoms with Gasteiger partial charge in [-0.3, -0.25) is 9.78 Å². The number of pyridine rings is 1. The second-order valence-corrected chi connectivity index (χ2v) is 6.81. The number of aromatic nitrogens is 3. The molecule has 1 atom stereocenters. The Bertz CT molecular complexity index is 758. The van der Waals surface area contributed by atoms with Crippen molar-refractivity contribution in [3.8, 4) is 0 Å². The van der Waals surface area contributed by atoms with E-state index >= 15 is 0 Å². The number of carbonyl (C=O) groups excluding carboxylic acids is 1. The van der Waals surface area contributed by atoms with E-state index in [9.17, 15) is 4.79 Å². The van der Waals surface area contributed by atoms with Crippen molar-refractivity contribution in [2.75, 3.05) is 49.5 Å². The largest absolute Gasteiger partial charge is 0.381 e. The van der Waals surface area contributed by atoms with Crippen molar-refractivity contribution in [1.82, 2.24) is 19.9 Å². The monoisotopic (exact) mass is 368 g/mol. The van der Waals surface area contributed by atoms with Crippen LogP contribution in [0, 0.1) is 0 Å². The predicted octanol–water partition coefficient (Wildman–Crippen LogP) is 1.42. The van der Waals surface area contributed by atoms with Gasteiger partial charge in [-0.05, 0) is 25.0 Å². The fourth-order valence-electron chi connectivity index (χ4n) is 3.44. The van der Waals surface area contributed by atoms with Gasteiger partial charge >= 0.3 is 0 Å². The van der Waals surface area contributed by atoms with Gasteiger partial charge in [-0.15, -0.1) is 0 Å². The van der Waals surface area contributed by atoms with Crippen molar-refractivity contribution < 1.29 is 9.53 Å². The Hall–Kier alpha value is -2.74. The molecule has 2 aliphatic rings. The van der Waals surface area contributed by atoms with Crippen LogP contribution in [0.1, 0.15) is 23.2 Å². The Balaban J connectivity index is 1.33. The number of anilines is 2. The molecule has 8 heteroatoms. The molecule has 2 fully saturated rings. The van der Waals surface area contributed by atoms with Crippen LogP contribution < -0.4 is 10.2 Å². The Labute approximate surface area is 158 Å². The molecule has 0 aromatic carbocycles. The first-order valence-corrected chi connectivity index (χ1v) is 9.41. The van der Waals surface area contributed by atoms with E-state index in [0.29, 0.717) is 24.6 Å². The molecular weight excluding hydrogens is 344 g/mol. The number of nitrogens with zero attached hydrogens (tertiary/aromatic N) is 5. The summed E-state index contributed by atoms with van der Waals surface area (Å²) in [7, 11) is 0. The third-order valence-electron chi connectivity index (χ3n) is 4.94. The number of rotatable bonds is 5. The molecule has 1 amide bonds. The average molecular weight is 368 g/mol. The molecule has 0 radical (unpaired) electrons. The molecule has 142 valence electrons. The SMILES string of the molecule is O=C(c1cncc(NCC2CCCO2)c1)N1CCN(c2ncccn2)CC1. The predicted molar refractivity (Wildman–Crippen MR) is 102 cm³/mol. The summed E-state index contributed by atoms with van der Waals surface area (Å²) < 4.78 is 5.62. The first-order valence-electron chi connectivity index (χ1n) is 9.41. The summed E-state index contributed by atoms with van der Waals surface area (Å²) >= 11 is 0. The first-order chi connectivity index (χ1) is 13.3. The van der Waals surface area contributed by atoms with Gasteiger partial charge in [0.2, 0.25) is 5.95 Å². The van der Waals surface area contributed by atoms with E-state index in [4.69, 9.17) is 4.74 Å². The van der Waals surface area contributed by atoms with Crippen LogP contribution in [0.25, 0.3) is 0 Å². The number of hydrogen-bond acceptors (Lipinski definition) is 7. The van der Waals surface area contributed by atoms with Gasteiger partial charge in [-0.2, -0.15) is 0 Å². The van der Waals surface area contributed by atoms with Gasteiger partial charge in [0, 0.05) is 64.1 Å². The van der Waals surface area contributed by atoms with E-state index in [1.165, 1.54) is 0 Å². The Kier molecular flexibility index (Phi) is 5.43. The van der Waals surface area contributed by atoms with Crippen LogP contribution in [0.3, 0.4) is 0 Å². The molecule has 8 nitrogen and oxygen atoms in total. The molecule has 4 heterocycles. The molecule has 0 spiro atoms. The van der Waals surface area contributed by atoms with Gasteiger partial charge in [0.1, 0.15) is 0 Å². The van der Waals surface area contributed by atoms with Crippen LogP contribution in [0.2, 0.25) is 0 Å². The molecule has 0 aliphatic carbocycles. The lowest BCUT2D eigenvalue weighted by molar-refractivity contribution is 0.0746. The van der Waals surface area contributed by atoms with Crippen LogP contribution in [0.15, 0.2) is 36.9 Å². The second-order valence-electron chi connectivity index (χ2n) is 6.81. The highest BCUT2D eigenvalue weighted by Gasteiger charge is 2.24. The third kappa shape index (κ3) is 4.33. The van der Waals surface area contributed by atoms with E-state index in [-0.39, 0.29) is 12.0 Å². The molecule has 2 aromatic heterocycles. The van der Waals surface area contributed by atoms with E-state index in [1.807, 2.05) is 11.0 Å². The maximum absolute atomic E-state index is 12.8. The average Bonchev–Trinajstić information content (AvgIpc) is 3.26. The number of piperazine rings is 1. The van der Waals surface area contributed by atoms with Gasteiger partial charge in [0.05, 0.1) is 17.4 Å². The quantitative estimate of drug-likeness (QED) is 0.855. The molecule has 2 aliphatic heterocycles. The zero-order valence-electron chi connectivity index (χ0n) is 15.3. The summed E-state index contributed by atoms with van der Waals surface area (Å²) in [5, 5.41) is 3.33. The fourth-order valence-corrected chi connectivity index (χ4v) is 3.44. The maximum Gasteiger partial charge on any atom is 0.255 e. The third-order valence-corrected chi connectivity index (χ3v) is 4.94. The summed E-state index contributed by atoms with van der Waals surface area (Å²) in [6, 6.07) is 3.67. The molecule has 4 rings (SSSR count). The molecule has 1 unspecified atom stereocenters. The summed E-state index contributed by atoms with van der Waals surface area (Å²) in [4.78, 5) is 29.6. The number of carbonyl (C=O) groups is 1. The summed E-state index contributed by atoms with van der Waals surface area (Å²) in [6.07, 6.45) is 9.29. The molecular formula is C19H24N6O2. The lowest BCUT2D eigenvalue weighted by Gasteiger charge is -2.34. The van der Waals surface area contributed by atoms with Gasteiger partial charge in [0.15, 0.2) is 0 Å². The number of ether oxygens (including phenoxy) is 1. The van der Waals surface area contributed by atoms with Gasteiger partial charge in [-0.25, -0.2) is 9.97 Å². The lowest BCUT2D eigenvalue weighted by Crippen LogP contribution is -2.49. The Morgan fingerprint density at radius 3 is 2.74 bits per heavy atom. The van der Waals surface area contributed by atoms with Crippen LogP contribution >= 0.6 is 0 Å². The number of amides is 1. The van der Waals surface area contributed by atoms with Crippen molar-refractivity contribution in [2.45, 2.75) is 18.9 Å². The van der Waals surface area contributed by atoms with Crippen LogP contribution in [0.5, 0.6) is 0 Å². The smallest absolute Gasteiger partial charge is 0.255 e. The van der Waals surface area contributed by atoms with E-state index in [2.05, 4.69) is 25.2 Å². The van der Waals surface area contributed by atoms with E-state index < -0.39 is 0 Å². The zero-order valence-corrected chi connectivity index (χ0v) is 15.3. The van der Waals surface area contributed by atoms with Gasteiger partial charge in [-0.1, -0.05) is 0 Å².